The first-order valence-electron chi connectivity index (χ1n) is 9.98. The number of ketones is 1. The van der Waals surface area contributed by atoms with Crippen LogP contribution >= 0.6 is 11.3 Å². The highest BCUT2D eigenvalue weighted by atomic mass is 32.1. The van der Waals surface area contributed by atoms with Crippen LogP contribution in [0.25, 0.3) is 5.76 Å². The molecule has 0 saturated carbocycles. The van der Waals surface area contributed by atoms with Gasteiger partial charge in [-0.3, -0.25) is 24.6 Å². The molecule has 1 amide bonds. The molecule has 2 heterocycles. The van der Waals surface area contributed by atoms with Gasteiger partial charge in [0.25, 0.3) is 17.4 Å². The molecular formula is C24H20N2O5S. The molecule has 1 N–H and O–H groups in total. The molecule has 1 atom stereocenters. The van der Waals surface area contributed by atoms with Gasteiger partial charge >= 0.3 is 0 Å². The number of Topliss-reactive ketones (excluding diaryl/α,β-unsaturated/α-hetero) is 1. The average molecular weight is 449 g/mol. The summed E-state index contributed by atoms with van der Waals surface area (Å²) >= 11 is 1.37. The molecule has 0 bridgehead atoms. The van der Waals surface area contributed by atoms with E-state index in [-0.39, 0.29) is 22.6 Å². The third-order valence-corrected chi connectivity index (χ3v) is 6.37. The number of nitrogens with zero attached hydrogens (tertiary/aromatic N) is 2. The number of aliphatic hydroxyl groups is 1. The second kappa shape index (κ2) is 8.39. The summed E-state index contributed by atoms with van der Waals surface area (Å²) in [5, 5.41) is 23.8. The van der Waals surface area contributed by atoms with E-state index in [9.17, 15) is 24.8 Å². The fourth-order valence-electron chi connectivity index (χ4n) is 3.73. The number of aliphatic hydroxyl groups excluding tert-OH is 1. The largest absolute Gasteiger partial charge is 0.507 e. The zero-order valence-electron chi connectivity index (χ0n) is 17.4. The van der Waals surface area contributed by atoms with E-state index in [1.165, 1.54) is 40.5 Å². The zero-order valence-corrected chi connectivity index (χ0v) is 18.2. The molecule has 7 nitrogen and oxygen atoms in total. The van der Waals surface area contributed by atoms with E-state index in [4.69, 9.17) is 0 Å². The molecule has 2 aromatic carbocycles. The Kier molecular flexibility index (Phi) is 5.63. The number of nitro benzene ring substituents is 1. The minimum atomic E-state index is -0.799. The maximum Gasteiger partial charge on any atom is 0.300 e. The summed E-state index contributed by atoms with van der Waals surface area (Å²) < 4.78 is 0. The normalized spacial score (nSPS) is 17.8. The average Bonchev–Trinajstić information content (AvgIpc) is 3.40. The van der Waals surface area contributed by atoms with Gasteiger partial charge in [0.2, 0.25) is 0 Å². The molecular weight excluding hydrogens is 428 g/mol. The van der Waals surface area contributed by atoms with Crippen LogP contribution in [0, 0.1) is 10.1 Å². The number of carbonyl (C=O) groups excluding carboxylic acids is 2. The topological polar surface area (TPSA) is 101 Å². The molecule has 0 aliphatic carbocycles. The molecule has 1 aliphatic rings. The number of thiophene rings is 1. The monoisotopic (exact) mass is 448 g/mol. The second-order valence-corrected chi connectivity index (χ2v) is 8.71. The van der Waals surface area contributed by atoms with Crippen LogP contribution in [0.1, 0.15) is 41.8 Å². The Morgan fingerprint density at radius 1 is 1.06 bits per heavy atom. The number of non-ortho nitro benzene ring substituents is 1. The summed E-state index contributed by atoms with van der Waals surface area (Å²) in [4.78, 5) is 38.6. The quantitative estimate of drug-likeness (QED) is 0.185. The number of nitro groups is 1. The Hall–Kier alpha value is -3.78. The maximum absolute atomic E-state index is 13.1. The minimum absolute atomic E-state index is 0.0424. The minimum Gasteiger partial charge on any atom is -0.507 e. The van der Waals surface area contributed by atoms with Crippen molar-refractivity contribution in [2.75, 3.05) is 4.90 Å². The van der Waals surface area contributed by atoms with Crippen molar-refractivity contribution in [3.05, 3.63) is 97.7 Å². The molecule has 1 aliphatic heterocycles. The van der Waals surface area contributed by atoms with Gasteiger partial charge in [-0.1, -0.05) is 32.0 Å². The molecule has 3 aromatic rings. The first kappa shape index (κ1) is 21.5. The van der Waals surface area contributed by atoms with E-state index in [1.54, 1.807) is 18.2 Å². The molecule has 1 unspecified atom stereocenters. The number of hydrogen-bond donors (Lipinski definition) is 1. The lowest BCUT2D eigenvalue weighted by molar-refractivity contribution is -0.384. The van der Waals surface area contributed by atoms with Crippen LogP contribution < -0.4 is 4.90 Å². The summed E-state index contributed by atoms with van der Waals surface area (Å²) in [5.41, 5.74) is 1.70. The van der Waals surface area contributed by atoms with Crippen molar-refractivity contribution in [2.45, 2.75) is 25.8 Å². The van der Waals surface area contributed by atoms with Crippen molar-refractivity contribution >= 4 is 40.2 Å². The van der Waals surface area contributed by atoms with Gasteiger partial charge in [-0.25, -0.2) is 0 Å². The lowest BCUT2D eigenvalue weighted by Crippen LogP contribution is -2.29. The van der Waals surface area contributed by atoms with E-state index >= 15 is 0 Å². The summed E-state index contributed by atoms with van der Waals surface area (Å²) in [5.74, 6) is -1.58. The molecule has 1 aromatic heterocycles. The molecule has 4 rings (SSSR count). The maximum atomic E-state index is 13.1. The van der Waals surface area contributed by atoms with Crippen molar-refractivity contribution in [2.24, 2.45) is 0 Å². The van der Waals surface area contributed by atoms with Crippen molar-refractivity contribution in [3.63, 3.8) is 0 Å². The van der Waals surface area contributed by atoms with E-state index in [0.717, 1.165) is 10.4 Å². The van der Waals surface area contributed by atoms with E-state index in [0.29, 0.717) is 11.6 Å². The highest BCUT2D eigenvalue weighted by molar-refractivity contribution is 7.10. The van der Waals surface area contributed by atoms with Gasteiger partial charge in [-0.2, -0.15) is 0 Å². The number of hydrogen-bond acceptors (Lipinski definition) is 6. The van der Waals surface area contributed by atoms with E-state index < -0.39 is 22.7 Å². The zero-order chi connectivity index (χ0) is 23.0. The van der Waals surface area contributed by atoms with Crippen LogP contribution in [0.5, 0.6) is 0 Å². The fourth-order valence-corrected chi connectivity index (χ4v) is 4.55. The van der Waals surface area contributed by atoms with E-state index in [1.807, 2.05) is 23.6 Å². The second-order valence-electron chi connectivity index (χ2n) is 7.73. The van der Waals surface area contributed by atoms with Crippen LogP contribution in [0.3, 0.4) is 0 Å². The Morgan fingerprint density at radius 2 is 1.72 bits per heavy atom. The van der Waals surface area contributed by atoms with Gasteiger partial charge in [-0.05, 0) is 47.2 Å². The Morgan fingerprint density at radius 3 is 2.25 bits per heavy atom. The standard InChI is InChI=1S/C24H20N2O5S/c1-14(2)15-5-9-17(10-6-15)25-21(19-4-3-13-32-19)20(23(28)24(25)29)22(27)16-7-11-18(12-8-16)26(30)31/h3-14,21,27H,1-2H3/b22-20-. The Balaban J connectivity index is 1.85. The lowest BCUT2D eigenvalue weighted by atomic mass is 9.99. The van der Waals surface area contributed by atoms with Crippen LogP contribution in [-0.2, 0) is 9.59 Å². The van der Waals surface area contributed by atoms with Gasteiger partial charge in [-0.15, -0.1) is 11.3 Å². The summed E-state index contributed by atoms with van der Waals surface area (Å²) in [6, 6.07) is 15.5. The molecule has 32 heavy (non-hydrogen) atoms. The van der Waals surface area contributed by atoms with Crippen LogP contribution in [0.2, 0.25) is 0 Å². The molecule has 1 fully saturated rings. The molecule has 8 heteroatoms. The van der Waals surface area contributed by atoms with E-state index in [2.05, 4.69) is 13.8 Å². The van der Waals surface area contributed by atoms with Crippen molar-refractivity contribution in [1.82, 2.24) is 0 Å². The van der Waals surface area contributed by atoms with Crippen LogP contribution in [0.15, 0.2) is 71.6 Å². The molecule has 0 radical (unpaired) electrons. The predicted molar refractivity (Wildman–Crippen MR) is 123 cm³/mol. The summed E-state index contributed by atoms with van der Waals surface area (Å²) in [6.45, 7) is 4.13. The third-order valence-electron chi connectivity index (χ3n) is 5.45. The number of anilines is 1. The molecule has 0 spiro atoms. The first-order valence-corrected chi connectivity index (χ1v) is 10.9. The molecule has 1 saturated heterocycles. The SMILES string of the molecule is CC(C)c1ccc(N2C(=O)C(=O)/C(=C(\O)c3ccc([N+](=O)[O-])cc3)C2c2cccs2)cc1. The van der Waals surface area contributed by atoms with Crippen molar-refractivity contribution in [3.8, 4) is 0 Å². The van der Waals surface area contributed by atoms with Gasteiger partial charge in [0.1, 0.15) is 11.8 Å². The number of carbonyl (C=O) groups is 2. The number of amides is 1. The summed E-state index contributed by atoms with van der Waals surface area (Å²) in [7, 11) is 0. The first-order chi connectivity index (χ1) is 15.3. The Bertz CT molecular complexity index is 1210. The Labute approximate surface area is 188 Å². The smallest absolute Gasteiger partial charge is 0.300 e. The predicted octanol–water partition coefficient (Wildman–Crippen LogP) is 5.41. The third kappa shape index (κ3) is 3.69. The lowest BCUT2D eigenvalue weighted by Gasteiger charge is -2.24. The van der Waals surface area contributed by atoms with Gasteiger partial charge in [0, 0.05) is 28.3 Å². The van der Waals surface area contributed by atoms with Gasteiger partial charge in [0.05, 0.1) is 10.5 Å². The highest BCUT2D eigenvalue weighted by Gasteiger charge is 2.47. The van der Waals surface area contributed by atoms with Crippen molar-refractivity contribution < 1.29 is 19.6 Å². The number of rotatable bonds is 5. The fraction of sp³-hybridized carbons (Fsp3) is 0.167. The van der Waals surface area contributed by atoms with Gasteiger partial charge < -0.3 is 5.11 Å². The van der Waals surface area contributed by atoms with Crippen LogP contribution in [0.4, 0.5) is 11.4 Å². The number of benzene rings is 2. The van der Waals surface area contributed by atoms with Crippen LogP contribution in [-0.4, -0.2) is 21.7 Å². The van der Waals surface area contributed by atoms with Gasteiger partial charge in [0.15, 0.2) is 0 Å². The highest BCUT2D eigenvalue weighted by Crippen LogP contribution is 2.43. The summed E-state index contributed by atoms with van der Waals surface area (Å²) in [6.07, 6.45) is 0. The molecule has 162 valence electrons. The van der Waals surface area contributed by atoms with Crippen molar-refractivity contribution in [1.29, 1.82) is 0 Å².